The van der Waals surface area contributed by atoms with Gasteiger partial charge in [-0.3, -0.25) is 0 Å². The molecule has 2 saturated heterocycles. The Bertz CT molecular complexity index is 2920. The highest BCUT2D eigenvalue weighted by atomic mass is 16.7. The zero-order valence-corrected chi connectivity index (χ0v) is 48.1. The van der Waals surface area contributed by atoms with E-state index >= 15 is 0 Å². The van der Waals surface area contributed by atoms with Crippen molar-refractivity contribution < 1.29 is 62.0 Å². The van der Waals surface area contributed by atoms with Gasteiger partial charge in [0.2, 0.25) is 0 Å². The van der Waals surface area contributed by atoms with Crippen LogP contribution in [0.2, 0.25) is 0 Å². The Labute approximate surface area is 489 Å². The van der Waals surface area contributed by atoms with Crippen LogP contribution in [-0.4, -0.2) is 90.3 Å². The summed E-state index contributed by atoms with van der Waals surface area (Å²) in [6.07, 6.45) is -8.12. The molecule has 2 fully saturated rings. The summed E-state index contributed by atoms with van der Waals surface area (Å²) < 4.78 is 75.2. The normalized spacial score (nSPS) is 21.9. The summed E-state index contributed by atoms with van der Waals surface area (Å²) >= 11 is 0. The number of carboxylic acids is 1. The van der Waals surface area contributed by atoms with E-state index in [1.165, 1.54) is 0 Å². The van der Waals surface area contributed by atoms with Crippen LogP contribution in [0.1, 0.15) is 85.9 Å². The Morgan fingerprint density at radius 2 is 0.735 bits per heavy atom. The van der Waals surface area contributed by atoms with Crippen LogP contribution in [0.5, 0.6) is 0 Å². The van der Waals surface area contributed by atoms with Crippen LogP contribution in [0.15, 0.2) is 212 Å². The molecule has 1 unspecified atom stereocenters. The fraction of sp³-hybridized carbons (Fsp3) is 0.386. The van der Waals surface area contributed by atoms with Crippen molar-refractivity contribution in [2.45, 2.75) is 166 Å². The van der Waals surface area contributed by atoms with Crippen LogP contribution in [0.4, 0.5) is 0 Å². The van der Waals surface area contributed by atoms with E-state index in [9.17, 15) is 9.90 Å². The van der Waals surface area contributed by atoms with E-state index < -0.39 is 78.6 Å². The van der Waals surface area contributed by atoms with Gasteiger partial charge in [0.25, 0.3) is 0 Å². The van der Waals surface area contributed by atoms with E-state index in [1.54, 1.807) is 0 Å². The molecule has 10 atom stereocenters. The first-order chi connectivity index (χ1) is 40.4. The average molecular weight is 1130 g/mol. The van der Waals surface area contributed by atoms with E-state index in [2.05, 4.69) is 0 Å². The number of aliphatic carboxylic acids is 1. The molecule has 7 aromatic carbocycles. The summed E-state index contributed by atoms with van der Waals surface area (Å²) in [4.78, 5) is 13.8. The van der Waals surface area contributed by atoms with Crippen molar-refractivity contribution >= 4 is 5.97 Å². The number of carbonyl (C=O) groups is 1. The molecule has 2 heterocycles. The standard InChI is InChI=1S/C70H80O13/c1-69(2,78-48-56-36-22-10-23-37-56)66-64(76-46-54-32-18-8-19-33-54)59(74-44-52-28-14-6-15-29-52)41-62(82-66)80-58(50-73-43-51-26-12-5-13-27-51)40-61(68(71)72)81-63-42-60(75-45-53-30-16-7-17-31-53)65(77-47-55-34-20-9-21-35-55)67(83-63)70(3,4)79-49-57-38-24-11-25-39-57/h5-39,58-67H,40-50H2,1-4H3,(H,71,72)/t58-,59+,60-,61?,62-,63+,64-,65+,66-,67+/m0/s1. The van der Waals surface area contributed by atoms with Gasteiger partial charge in [0, 0.05) is 19.3 Å². The predicted octanol–water partition coefficient (Wildman–Crippen LogP) is 13.0. The van der Waals surface area contributed by atoms with Crippen molar-refractivity contribution in [3.8, 4) is 0 Å². The fourth-order valence-corrected chi connectivity index (χ4v) is 10.5. The second-order valence-corrected chi connectivity index (χ2v) is 22.3. The SMILES string of the molecule is CC(C)(OCc1ccccc1)[C@@H]1O[C@@H](OC(C[C@@H](COCc2ccccc2)O[C@@H]2C[C@@H](OCc3ccccc3)[C@H](OCc3ccccc3)[C@@H](C(C)(C)OCc3ccccc3)O2)C(=O)O)C[C@H](OCc2ccccc2)[C@H]1OCc1ccccc1. The summed E-state index contributed by atoms with van der Waals surface area (Å²) in [7, 11) is 0. The molecule has 83 heavy (non-hydrogen) atoms. The van der Waals surface area contributed by atoms with Crippen LogP contribution in [0, 0.1) is 0 Å². The molecule has 1 N–H and O–H groups in total. The van der Waals surface area contributed by atoms with Gasteiger partial charge in [0.1, 0.15) is 24.4 Å². The molecule has 0 spiro atoms. The molecule has 438 valence electrons. The molecular weight excluding hydrogens is 1050 g/mol. The van der Waals surface area contributed by atoms with Crippen molar-refractivity contribution in [3.63, 3.8) is 0 Å². The van der Waals surface area contributed by atoms with Gasteiger partial charge in [-0.05, 0) is 66.6 Å². The molecule has 0 aromatic heterocycles. The van der Waals surface area contributed by atoms with E-state index in [-0.39, 0.29) is 45.7 Å². The van der Waals surface area contributed by atoms with Crippen molar-refractivity contribution in [3.05, 3.63) is 251 Å². The summed E-state index contributed by atoms with van der Waals surface area (Å²) in [5.74, 6) is -1.21. The molecule has 2 aliphatic rings. The summed E-state index contributed by atoms with van der Waals surface area (Å²) in [5.41, 5.74) is 4.88. The Kier molecular flexibility index (Phi) is 22.8. The largest absolute Gasteiger partial charge is 0.479 e. The van der Waals surface area contributed by atoms with Gasteiger partial charge in [-0.25, -0.2) is 4.79 Å². The molecule has 0 aliphatic carbocycles. The number of rotatable bonds is 31. The molecule has 0 radical (unpaired) electrons. The fourth-order valence-electron chi connectivity index (χ4n) is 10.5. The van der Waals surface area contributed by atoms with Gasteiger partial charge >= 0.3 is 5.97 Å². The third-order valence-electron chi connectivity index (χ3n) is 15.1. The third-order valence-corrected chi connectivity index (χ3v) is 15.1. The van der Waals surface area contributed by atoms with Crippen molar-refractivity contribution in [1.29, 1.82) is 0 Å². The summed E-state index contributed by atoms with van der Waals surface area (Å²) in [6, 6.07) is 69.5. The smallest absolute Gasteiger partial charge is 0.333 e. The molecule has 7 aromatic rings. The first kappa shape index (κ1) is 61.1. The zero-order valence-electron chi connectivity index (χ0n) is 48.1. The summed E-state index contributed by atoms with van der Waals surface area (Å²) in [6.45, 7) is 9.88. The number of hydrogen-bond donors (Lipinski definition) is 1. The molecule has 13 heteroatoms. The Morgan fingerprint density at radius 1 is 0.434 bits per heavy atom. The molecule has 0 amide bonds. The minimum atomic E-state index is -1.45. The monoisotopic (exact) mass is 1130 g/mol. The number of ether oxygens (including phenoxy) is 11. The van der Waals surface area contributed by atoms with E-state index in [0.29, 0.717) is 26.4 Å². The van der Waals surface area contributed by atoms with Crippen LogP contribution >= 0.6 is 0 Å². The van der Waals surface area contributed by atoms with Gasteiger partial charge in [-0.2, -0.15) is 0 Å². The Hall–Kier alpha value is -6.43. The maximum Gasteiger partial charge on any atom is 0.333 e. The van der Waals surface area contributed by atoms with E-state index in [0.717, 1.165) is 38.9 Å². The van der Waals surface area contributed by atoms with Crippen LogP contribution < -0.4 is 0 Å². The van der Waals surface area contributed by atoms with Crippen LogP contribution in [0.25, 0.3) is 0 Å². The summed E-state index contributed by atoms with van der Waals surface area (Å²) in [5, 5.41) is 11.2. The van der Waals surface area contributed by atoms with Gasteiger partial charge in [-0.1, -0.05) is 212 Å². The van der Waals surface area contributed by atoms with Crippen molar-refractivity contribution in [2.75, 3.05) is 6.61 Å². The Morgan fingerprint density at radius 3 is 1.07 bits per heavy atom. The second-order valence-electron chi connectivity index (χ2n) is 22.3. The first-order valence-corrected chi connectivity index (χ1v) is 28.9. The van der Waals surface area contributed by atoms with Crippen molar-refractivity contribution in [2.24, 2.45) is 0 Å². The second kappa shape index (κ2) is 30.9. The molecule has 9 rings (SSSR count). The van der Waals surface area contributed by atoms with Gasteiger partial charge < -0.3 is 57.2 Å². The van der Waals surface area contributed by atoms with Crippen LogP contribution in [0.3, 0.4) is 0 Å². The minimum absolute atomic E-state index is 0.00332. The topological polar surface area (TPSA) is 139 Å². The highest BCUT2D eigenvalue weighted by Crippen LogP contribution is 2.39. The number of carboxylic acid groups (broad SMARTS) is 1. The molecular formula is C70H80O13. The predicted molar refractivity (Wildman–Crippen MR) is 315 cm³/mol. The van der Waals surface area contributed by atoms with E-state index in [4.69, 9.17) is 52.1 Å². The molecule has 0 bridgehead atoms. The zero-order chi connectivity index (χ0) is 57.7. The quantitative estimate of drug-likeness (QED) is 0.0441. The minimum Gasteiger partial charge on any atom is -0.479 e. The van der Waals surface area contributed by atoms with Crippen molar-refractivity contribution in [1.82, 2.24) is 0 Å². The highest BCUT2D eigenvalue weighted by molar-refractivity contribution is 5.72. The van der Waals surface area contributed by atoms with Crippen LogP contribution in [-0.2, 0) is 103 Å². The maximum absolute atomic E-state index is 13.8. The number of hydrogen-bond acceptors (Lipinski definition) is 12. The van der Waals surface area contributed by atoms with E-state index in [1.807, 2.05) is 240 Å². The average Bonchev–Trinajstić information content (AvgIpc) is 3.69. The lowest BCUT2D eigenvalue weighted by molar-refractivity contribution is -0.323. The maximum atomic E-state index is 13.8. The lowest BCUT2D eigenvalue weighted by atomic mass is 9.89. The van der Waals surface area contributed by atoms with Gasteiger partial charge in [0.05, 0.1) is 82.4 Å². The van der Waals surface area contributed by atoms with Gasteiger partial charge in [-0.15, -0.1) is 0 Å². The third kappa shape index (κ3) is 18.8. The number of benzene rings is 7. The molecule has 2 aliphatic heterocycles. The molecule has 13 nitrogen and oxygen atoms in total. The lowest BCUT2D eigenvalue weighted by Crippen LogP contribution is -2.60. The molecule has 0 saturated carbocycles. The first-order valence-electron chi connectivity index (χ1n) is 28.9. The van der Waals surface area contributed by atoms with Gasteiger partial charge in [0.15, 0.2) is 18.7 Å². The lowest BCUT2D eigenvalue weighted by Gasteiger charge is -2.48. The Balaban J connectivity index is 1.01. The highest BCUT2D eigenvalue weighted by Gasteiger charge is 2.51.